The van der Waals surface area contributed by atoms with E-state index in [1.54, 1.807) is 0 Å². The Morgan fingerprint density at radius 3 is 2.30 bits per heavy atom. The highest BCUT2D eigenvalue weighted by Gasteiger charge is 2.39. The number of hydrogen-bond acceptors (Lipinski definition) is 2. The van der Waals surface area contributed by atoms with Gasteiger partial charge >= 0.3 is 0 Å². The number of rotatable bonds is 5. The van der Waals surface area contributed by atoms with Crippen molar-refractivity contribution in [3.63, 3.8) is 0 Å². The first-order valence-electron chi connectivity index (χ1n) is 7.35. The Morgan fingerprint density at radius 1 is 1.25 bits per heavy atom. The number of benzene rings is 1. The van der Waals surface area contributed by atoms with Crippen LogP contribution in [0.2, 0.25) is 0 Å². The second-order valence-corrected chi connectivity index (χ2v) is 5.83. The monoisotopic (exact) mass is 283 g/mol. The molecule has 2 unspecified atom stereocenters. The topological polar surface area (TPSA) is 23.5 Å². The van der Waals surface area contributed by atoms with Crippen molar-refractivity contribution >= 4 is 0 Å². The van der Waals surface area contributed by atoms with Gasteiger partial charge < -0.3 is 5.11 Å². The molecule has 0 radical (unpaired) electrons. The highest BCUT2D eigenvalue weighted by molar-refractivity contribution is 5.21. The predicted molar refractivity (Wildman–Crippen MR) is 75.6 cm³/mol. The van der Waals surface area contributed by atoms with E-state index in [4.69, 9.17) is 0 Å². The Hall–Kier alpha value is -1.00. The lowest BCUT2D eigenvalue weighted by molar-refractivity contribution is -0.0125. The third-order valence-corrected chi connectivity index (χ3v) is 4.72. The zero-order chi connectivity index (χ0) is 14.8. The Morgan fingerprint density at radius 2 is 1.80 bits per heavy atom. The molecule has 0 aromatic heterocycles. The highest BCUT2D eigenvalue weighted by atomic mass is 19.1. The molecule has 20 heavy (non-hydrogen) atoms. The summed E-state index contributed by atoms with van der Waals surface area (Å²) in [5.41, 5.74) is -0.440. The fourth-order valence-corrected chi connectivity index (χ4v) is 3.04. The maximum Gasteiger partial charge on any atom is 0.129 e. The predicted octanol–water partition coefficient (Wildman–Crippen LogP) is 3.13. The van der Waals surface area contributed by atoms with Crippen LogP contribution in [0.15, 0.2) is 18.2 Å². The summed E-state index contributed by atoms with van der Waals surface area (Å²) >= 11 is 0. The second kappa shape index (κ2) is 6.19. The largest absolute Gasteiger partial charge is 0.391 e. The molecule has 1 heterocycles. The minimum atomic E-state index is -0.781. The quantitative estimate of drug-likeness (QED) is 0.897. The number of aliphatic hydroxyl groups is 1. The van der Waals surface area contributed by atoms with Crippen LogP contribution in [0.4, 0.5) is 8.78 Å². The molecule has 0 aliphatic carbocycles. The van der Waals surface area contributed by atoms with Crippen molar-refractivity contribution in [2.45, 2.75) is 51.2 Å². The molecule has 1 saturated heterocycles. The summed E-state index contributed by atoms with van der Waals surface area (Å²) in [6.07, 6.45) is 2.23. The minimum absolute atomic E-state index is 0.0132. The summed E-state index contributed by atoms with van der Waals surface area (Å²) in [6.45, 7) is 5.89. The molecule has 1 aliphatic rings. The molecule has 0 bridgehead atoms. The average Bonchev–Trinajstić information content (AvgIpc) is 2.96. The molecule has 2 rings (SSSR count). The Labute approximate surface area is 119 Å². The molecule has 112 valence electrons. The van der Waals surface area contributed by atoms with Crippen LogP contribution in [0, 0.1) is 11.6 Å². The van der Waals surface area contributed by atoms with E-state index < -0.39 is 23.3 Å². The van der Waals surface area contributed by atoms with E-state index in [1.807, 2.05) is 13.8 Å². The number of hydrogen-bond donors (Lipinski definition) is 1. The number of aliphatic hydroxyl groups excluding tert-OH is 1. The Balaban J connectivity index is 2.19. The zero-order valence-corrected chi connectivity index (χ0v) is 12.2. The van der Waals surface area contributed by atoms with Gasteiger partial charge in [-0.05, 0) is 51.4 Å². The van der Waals surface area contributed by atoms with Gasteiger partial charge in [0.1, 0.15) is 11.6 Å². The first kappa shape index (κ1) is 15.4. The van der Waals surface area contributed by atoms with Crippen LogP contribution in [0.25, 0.3) is 0 Å². The van der Waals surface area contributed by atoms with Gasteiger partial charge in [0.2, 0.25) is 0 Å². The number of nitrogens with zero attached hydrogens (tertiary/aromatic N) is 1. The summed E-state index contributed by atoms with van der Waals surface area (Å²) in [5, 5.41) is 10.6. The van der Waals surface area contributed by atoms with Gasteiger partial charge in [-0.25, -0.2) is 8.78 Å². The molecule has 1 N–H and O–H groups in total. The average molecular weight is 283 g/mol. The molecule has 1 aliphatic heterocycles. The molecule has 1 aromatic carbocycles. The molecular weight excluding hydrogens is 260 g/mol. The van der Waals surface area contributed by atoms with Gasteiger partial charge in [-0.1, -0.05) is 13.0 Å². The van der Waals surface area contributed by atoms with Crippen molar-refractivity contribution in [3.8, 4) is 0 Å². The Bertz CT molecular complexity index is 440. The molecular formula is C16H23F2NO. The van der Waals surface area contributed by atoms with Crippen LogP contribution in [-0.4, -0.2) is 34.7 Å². The normalized spacial score (nSPS) is 20.9. The Kier molecular flexibility index (Phi) is 4.76. The van der Waals surface area contributed by atoms with Gasteiger partial charge in [0.25, 0.3) is 0 Å². The van der Waals surface area contributed by atoms with Crippen molar-refractivity contribution in [2.24, 2.45) is 0 Å². The molecule has 1 fully saturated rings. The van der Waals surface area contributed by atoms with Crippen molar-refractivity contribution in [2.75, 3.05) is 13.1 Å². The molecule has 0 spiro atoms. The van der Waals surface area contributed by atoms with Crippen molar-refractivity contribution in [1.82, 2.24) is 4.90 Å². The molecule has 0 saturated carbocycles. The highest BCUT2D eigenvalue weighted by Crippen LogP contribution is 2.30. The van der Waals surface area contributed by atoms with E-state index in [-0.39, 0.29) is 12.0 Å². The van der Waals surface area contributed by atoms with E-state index in [0.29, 0.717) is 0 Å². The standard InChI is InChI=1S/C16H23F2NO/c1-3-16(2,19-9-4-5-10-19)15(20)11-12-13(17)7-6-8-14(12)18/h6-8,15,20H,3-5,9-11H2,1-2H3. The molecule has 1 aromatic rings. The second-order valence-electron chi connectivity index (χ2n) is 5.83. The van der Waals surface area contributed by atoms with E-state index >= 15 is 0 Å². The first-order valence-corrected chi connectivity index (χ1v) is 7.35. The zero-order valence-electron chi connectivity index (χ0n) is 12.2. The lowest BCUT2D eigenvalue weighted by Gasteiger charge is -2.42. The van der Waals surface area contributed by atoms with E-state index in [1.165, 1.54) is 18.2 Å². The number of halogens is 2. The van der Waals surface area contributed by atoms with Crippen LogP contribution in [-0.2, 0) is 6.42 Å². The van der Waals surface area contributed by atoms with Gasteiger partial charge in [-0.2, -0.15) is 0 Å². The summed E-state index contributed by atoms with van der Waals surface area (Å²) in [6, 6.07) is 3.83. The van der Waals surface area contributed by atoms with Gasteiger partial charge in [0.05, 0.1) is 6.10 Å². The third kappa shape index (κ3) is 2.86. The van der Waals surface area contributed by atoms with Crippen LogP contribution in [0.3, 0.4) is 0 Å². The minimum Gasteiger partial charge on any atom is -0.391 e. The van der Waals surface area contributed by atoms with E-state index in [0.717, 1.165) is 32.4 Å². The SMILES string of the molecule is CCC(C)(C(O)Cc1c(F)cccc1F)N1CCCC1. The van der Waals surface area contributed by atoms with E-state index in [2.05, 4.69) is 4.90 Å². The smallest absolute Gasteiger partial charge is 0.129 e. The molecule has 2 nitrogen and oxygen atoms in total. The fourth-order valence-electron chi connectivity index (χ4n) is 3.04. The lowest BCUT2D eigenvalue weighted by Crippen LogP contribution is -2.54. The summed E-state index contributed by atoms with van der Waals surface area (Å²) in [5.74, 6) is -1.16. The third-order valence-electron chi connectivity index (χ3n) is 4.72. The van der Waals surface area contributed by atoms with Gasteiger partial charge in [0, 0.05) is 17.5 Å². The maximum atomic E-state index is 13.7. The van der Waals surface area contributed by atoms with Gasteiger partial charge in [-0.3, -0.25) is 4.90 Å². The van der Waals surface area contributed by atoms with Crippen LogP contribution >= 0.6 is 0 Å². The first-order chi connectivity index (χ1) is 9.49. The van der Waals surface area contributed by atoms with Crippen LogP contribution < -0.4 is 0 Å². The van der Waals surface area contributed by atoms with Crippen LogP contribution in [0.1, 0.15) is 38.7 Å². The van der Waals surface area contributed by atoms with Crippen LogP contribution in [0.5, 0.6) is 0 Å². The fraction of sp³-hybridized carbons (Fsp3) is 0.625. The van der Waals surface area contributed by atoms with E-state index in [9.17, 15) is 13.9 Å². The molecule has 4 heteroatoms. The number of likely N-dealkylation sites (tertiary alicyclic amines) is 1. The molecule has 0 amide bonds. The van der Waals surface area contributed by atoms with Crippen molar-refractivity contribution < 1.29 is 13.9 Å². The maximum absolute atomic E-state index is 13.7. The van der Waals surface area contributed by atoms with Gasteiger partial charge in [0.15, 0.2) is 0 Å². The summed E-state index contributed by atoms with van der Waals surface area (Å²) < 4.78 is 27.4. The summed E-state index contributed by atoms with van der Waals surface area (Å²) in [4.78, 5) is 2.25. The molecule has 2 atom stereocenters. The van der Waals surface area contributed by atoms with Gasteiger partial charge in [-0.15, -0.1) is 0 Å². The lowest BCUT2D eigenvalue weighted by atomic mass is 9.85. The van der Waals surface area contributed by atoms with Crippen molar-refractivity contribution in [1.29, 1.82) is 0 Å². The summed E-state index contributed by atoms with van der Waals surface area (Å²) in [7, 11) is 0. The van der Waals surface area contributed by atoms with Crippen molar-refractivity contribution in [3.05, 3.63) is 35.4 Å².